The third-order valence-corrected chi connectivity index (χ3v) is 5.73. The van der Waals surface area contributed by atoms with Crippen LogP contribution in [0.25, 0.3) is 22.3 Å². The quantitative estimate of drug-likeness (QED) is 0.739. The minimum Gasteiger partial charge on any atom is -0.349 e. The molecule has 134 valence electrons. The van der Waals surface area contributed by atoms with Gasteiger partial charge in [-0.1, -0.05) is 12.8 Å². The van der Waals surface area contributed by atoms with E-state index in [2.05, 4.69) is 36.7 Å². The monoisotopic (exact) mass is 349 g/mol. The lowest BCUT2D eigenvalue weighted by Crippen LogP contribution is -2.59. The predicted octanol–water partition coefficient (Wildman–Crippen LogP) is 2.44. The fraction of sp³-hybridized carbons (Fsp3) is 0.474. The molecular formula is C19H23N7. The van der Waals surface area contributed by atoms with Crippen LogP contribution in [-0.4, -0.2) is 50.6 Å². The Kier molecular flexibility index (Phi) is 3.81. The first-order valence-corrected chi connectivity index (χ1v) is 9.44. The summed E-state index contributed by atoms with van der Waals surface area (Å²) >= 11 is 0. The van der Waals surface area contributed by atoms with Gasteiger partial charge in [0, 0.05) is 41.8 Å². The summed E-state index contributed by atoms with van der Waals surface area (Å²) in [4.78, 5) is 7.30. The van der Waals surface area contributed by atoms with Crippen molar-refractivity contribution in [3.05, 3.63) is 30.1 Å². The minimum absolute atomic E-state index is 0.514. The van der Waals surface area contributed by atoms with E-state index in [0.717, 1.165) is 41.1 Å². The molecule has 0 bridgehead atoms. The average Bonchev–Trinajstić information content (AvgIpc) is 3.08. The molecule has 3 heterocycles. The van der Waals surface area contributed by atoms with Gasteiger partial charge in [0.1, 0.15) is 0 Å². The van der Waals surface area contributed by atoms with Crippen molar-refractivity contribution >= 4 is 16.7 Å². The van der Waals surface area contributed by atoms with Gasteiger partial charge in [0.25, 0.3) is 0 Å². The molecule has 2 aromatic heterocycles. The first-order valence-electron chi connectivity index (χ1n) is 9.44. The molecule has 1 aliphatic heterocycles. The molecule has 7 heteroatoms. The van der Waals surface area contributed by atoms with E-state index < -0.39 is 0 Å². The van der Waals surface area contributed by atoms with E-state index in [1.54, 1.807) is 0 Å². The average molecular weight is 349 g/mol. The molecule has 2 unspecified atom stereocenters. The van der Waals surface area contributed by atoms with Gasteiger partial charge in [-0.25, -0.2) is 4.98 Å². The van der Waals surface area contributed by atoms with E-state index >= 15 is 0 Å². The molecule has 5 rings (SSSR count). The predicted molar refractivity (Wildman–Crippen MR) is 101 cm³/mol. The third kappa shape index (κ3) is 2.63. The number of H-pyrrole nitrogens is 1. The third-order valence-electron chi connectivity index (χ3n) is 5.73. The second kappa shape index (κ2) is 6.32. The summed E-state index contributed by atoms with van der Waals surface area (Å²) in [5.41, 5.74) is 2.99. The van der Waals surface area contributed by atoms with Crippen molar-refractivity contribution in [2.45, 2.75) is 44.7 Å². The van der Waals surface area contributed by atoms with Crippen LogP contribution >= 0.6 is 0 Å². The maximum Gasteiger partial charge on any atom is 0.183 e. The van der Waals surface area contributed by atoms with Gasteiger partial charge in [-0.3, -0.25) is 5.10 Å². The molecule has 7 nitrogen and oxygen atoms in total. The largest absolute Gasteiger partial charge is 0.349 e. The van der Waals surface area contributed by atoms with Crippen LogP contribution in [0, 0.1) is 6.92 Å². The van der Waals surface area contributed by atoms with Gasteiger partial charge in [0.15, 0.2) is 11.6 Å². The number of aromatic amines is 1. The summed E-state index contributed by atoms with van der Waals surface area (Å²) < 4.78 is 0. The van der Waals surface area contributed by atoms with Crippen molar-refractivity contribution in [1.82, 2.24) is 30.7 Å². The van der Waals surface area contributed by atoms with Crippen LogP contribution in [0.3, 0.4) is 0 Å². The van der Waals surface area contributed by atoms with Gasteiger partial charge in [-0.2, -0.15) is 10.2 Å². The van der Waals surface area contributed by atoms with E-state index in [1.165, 1.54) is 25.7 Å². The van der Waals surface area contributed by atoms with Crippen molar-refractivity contribution in [2.24, 2.45) is 0 Å². The molecule has 3 aromatic rings. The number of fused-ring (bicyclic) bond motifs is 2. The summed E-state index contributed by atoms with van der Waals surface area (Å²) in [5.74, 6) is 1.62. The Bertz CT molecular complexity index is 933. The summed E-state index contributed by atoms with van der Waals surface area (Å²) in [6.45, 7) is 4.00. The normalized spacial score (nSPS) is 23.2. The fourth-order valence-electron chi connectivity index (χ4n) is 4.38. The fourth-order valence-corrected chi connectivity index (χ4v) is 4.38. The molecule has 26 heavy (non-hydrogen) atoms. The highest BCUT2D eigenvalue weighted by atomic mass is 15.3. The van der Waals surface area contributed by atoms with Gasteiger partial charge in [-0.05, 0) is 38.0 Å². The van der Waals surface area contributed by atoms with Crippen molar-refractivity contribution in [3.8, 4) is 11.4 Å². The molecule has 0 radical (unpaired) electrons. The number of hydrogen-bond donors (Lipinski definition) is 2. The Labute approximate surface area is 152 Å². The Balaban J connectivity index is 1.50. The van der Waals surface area contributed by atoms with E-state index in [9.17, 15) is 0 Å². The molecule has 2 N–H and O–H groups in total. The summed E-state index contributed by atoms with van der Waals surface area (Å²) in [7, 11) is 0. The SMILES string of the molecule is Cc1[nH]nc2ccc(-c3nncc(N4CCNC5CCCCC54)n3)cc12. The number of piperazine rings is 1. The van der Waals surface area contributed by atoms with E-state index in [-0.39, 0.29) is 0 Å². The topological polar surface area (TPSA) is 82.6 Å². The van der Waals surface area contributed by atoms with Crippen LogP contribution < -0.4 is 10.2 Å². The van der Waals surface area contributed by atoms with Gasteiger partial charge >= 0.3 is 0 Å². The second-order valence-electron chi connectivity index (χ2n) is 7.32. The lowest BCUT2D eigenvalue weighted by molar-refractivity contribution is 0.283. The number of rotatable bonds is 2. The maximum absolute atomic E-state index is 4.87. The molecule has 2 atom stereocenters. The van der Waals surface area contributed by atoms with Gasteiger partial charge in [0.2, 0.25) is 0 Å². The Hall–Kier alpha value is -2.54. The number of aryl methyl sites for hydroxylation is 1. The minimum atomic E-state index is 0.514. The lowest BCUT2D eigenvalue weighted by atomic mass is 9.87. The molecule has 2 fully saturated rings. The van der Waals surface area contributed by atoms with Crippen LogP contribution in [0.1, 0.15) is 31.4 Å². The van der Waals surface area contributed by atoms with Crippen molar-refractivity contribution in [2.75, 3.05) is 18.0 Å². The number of nitrogens with one attached hydrogen (secondary N) is 2. The van der Waals surface area contributed by atoms with E-state index in [1.807, 2.05) is 25.3 Å². The molecule has 0 spiro atoms. The number of aromatic nitrogens is 5. The Morgan fingerprint density at radius 1 is 1.19 bits per heavy atom. The molecule has 1 saturated carbocycles. The summed E-state index contributed by atoms with van der Waals surface area (Å²) in [6, 6.07) is 7.20. The van der Waals surface area contributed by atoms with Crippen LogP contribution in [0.2, 0.25) is 0 Å². The molecule has 1 aliphatic carbocycles. The van der Waals surface area contributed by atoms with Crippen LogP contribution in [0.5, 0.6) is 0 Å². The molecular weight excluding hydrogens is 326 g/mol. The van der Waals surface area contributed by atoms with Gasteiger partial charge < -0.3 is 10.2 Å². The highest BCUT2D eigenvalue weighted by Gasteiger charge is 2.34. The summed E-state index contributed by atoms with van der Waals surface area (Å²) in [6.07, 6.45) is 6.89. The Morgan fingerprint density at radius 2 is 2.12 bits per heavy atom. The number of hydrogen-bond acceptors (Lipinski definition) is 6. The maximum atomic E-state index is 4.87. The standard InChI is InChI=1S/C19H23N7/c1-12-14-10-13(6-7-15(14)24-23-12)19-22-18(11-21-25-19)26-9-8-20-16-4-2-3-5-17(16)26/h6-7,10-11,16-17,20H,2-5,8-9H2,1H3,(H,23,24). The van der Waals surface area contributed by atoms with E-state index in [4.69, 9.17) is 4.98 Å². The molecule has 0 amide bonds. The zero-order chi connectivity index (χ0) is 17.5. The second-order valence-corrected chi connectivity index (χ2v) is 7.32. The first kappa shape index (κ1) is 15.7. The molecule has 2 aliphatic rings. The smallest absolute Gasteiger partial charge is 0.183 e. The van der Waals surface area contributed by atoms with Crippen LogP contribution in [0.4, 0.5) is 5.82 Å². The zero-order valence-corrected chi connectivity index (χ0v) is 14.9. The van der Waals surface area contributed by atoms with Gasteiger partial charge in [-0.15, -0.1) is 5.10 Å². The van der Waals surface area contributed by atoms with E-state index in [0.29, 0.717) is 17.9 Å². The first-order chi connectivity index (χ1) is 12.8. The molecule has 1 saturated heterocycles. The highest BCUT2D eigenvalue weighted by Crippen LogP contribution is 2.29. The lowest BCUT2D eigenvalue weighted by Gasteiger charge is -2.45. The highest BCUT2D eigenvalue weighted by molar-refractivity contribution is 5.85. The van der Waals surface area contributed by atoms with Crippen molar-refractivity contribution in [3.63, 3.8) is 0 Å². The number of nitrogens with zero attached hydrogens (tertiary/aromatic N) is 5. The van der Waals surface area contributed by atoms with Crippen molar-refractivity contribution < 1.29 is 0 Å². The number of benzene rings is 1. The van der Waals surface area contributed by atoms with Gasteiger partial charge in [0.05, 0.1) is 11.7 Å². The van der Waals surface area contributed by atoms with Crippen molar-refractivity contribution in [1.29, 1.82) is 0 Å². The van der Waals surface area contributed by atoms with Crippen LogP contribution in [0.15, 0.2) is 24.4 Å². The Morgan fingerprint density at radius 3 is 3.08 bits per heavy atom. The number of anilines is 1. The zero-order valence-electron chi connectivity index (χ0n) is 14.9. The molecule has 1 aromatic carbocycles. The van der Waals surface area contributed by atoms with Crippen LogP contribution in [-0.2, 0) is 0 Å². The summed E-state index contributed by atoms with van der Waals surface area (Å²) in [5, 5.41) is 20.7.